The molecule has 0 fully saturated rings. The summed E-state index contributed by atoms with van der Waals surface area (Å²) in [5.41, 5.74) is 6.53. The smallest absolute Gasteiger partial charge is 0.344 e. The van der Waals surface area contributed by atoms with Gasteiger partial charge in [0, 0.05) is 37.7 Å². The molecule has 37 heavy (non-hydrogen) atoms. The molecule has 198 valence electrons. The van der Waals surface area contributed by atoms with Gasteiger partial charge in [0.15, 0.2) is 18.2 Å². The number of rotatable bonds is 11. The number of amides is 2. The van der Waals surface area contributed by atoms with Crippen molar-refractivity contribution in [1.82, 2.24) is 10.3 Å². The van der Waals surface area contributed by atoms with Crippen molar-refractivity contribution in [2.45, 2.75) is 44.8 Å². The van der Waals surface area contributed by atoms with Crippen LogP contribution in [0.15, 0.2) is 41.5 Å². The molecule has 1 aliphatic rings. The molecule has 1 aliphatic heterocycles. The van der Waals surface area contributed by atoms with Crippen LogP contribution in [-0.4, -0.2) is 54.3 Å². The number of hydrogen-bond acceptors (Lipinski definition) is 7. The third-order valence-corrected chi connectivity index (χ3v) is 5.45. The highest BCUT2D eigenvalue weighted by molar-refractivity contribution is 5.92. The number of halogens is 3. The Hall–Kier alpha value is -3.93. The zero-order valence-electron chi connectivity index (χ0n) is 20.1. The summed E-state index contributed by atoms with van der Waals surface area (Å²) >= 11 is 0. The van der Waals surface area contributed by atoms with Gasteiger partial charge in [-0.1, -0.05) is 12.1 Å². The SMILES string of the molecule is CCOC(=O)COc1ccc(CNC(=O)C2CC=NN2C(=O)C[C@H](N)Cc2cc(F)c(F)cc2F)cc1. The third-order valence-electron chi connectivity index (χ3n) is 5.45. The van der Waals surface area contributed by atoms with E-state index in [1.54, 1.807) is 31.2 Å². The molecule has 2 aromatic carbocycles. The van der Waals surface area contributed by atoms with Gasteiger partial charge in [-0.2, -0.15) is 5.10 Å². The van der Waals surface area contributed by atoms with Crippen LogP contribution in [0.1, 0.15) is 30.9 Å². The van der Waals surface area contributed by atoms with Gasteiger partial charge in [-0.15, -0.1) is 0 Å². The lowest BCUT2D eigenvalue weighted by Gasteiger charge is -2.23. The summed E-state index contributed by atoms with van der Waals surface area (Å²) in [7, 11) is 0. The maximum Gasteiger partial charge on any atom is 0.344 e. The van der Waals surface area contributed by atoms with Gasteiger partial charge in [-0.05, 0) is 42.7 Å². The van der Waals surface area contributed by atoms with Gasteiger partial charge in [0.25, 0.3) is 0 Å². The molecule has 0 spiro atoms. The Balaban J connectivity index is 1.49. The quantitative estimate of drug-likeness (QED) is 0.346. The lowest BCUT2D eigenvalue weighted by molar-refractivity contribution is -0.145. The Kier molecular flexibility index (Phi) is 9.61. The number of carbonyl (C=O) groups excluding carboxylic acids is 3. The fourth-order valence-electron chi connectivity index (χ4n) is 3.62. The van der Waals surface area contributed by atoms with Crippen molar-refractivity contribution in [3.05, 3.63) is 65.0 Å². The summed E-state index contributed by atoms with van der Waals surface area (Å²) in [6.07, 6.45) is 1.14. The number of hydrazone groups is 1. The van der Waals surface area contributed by atoms with Gasteiger partial charge < -0.3 is 20.5 Å². The Bertz CT molecular complexity index is 1160. The Labute approximate surface area is 211 Å². The highest BCUT2D eigenvalue weighted by Crippen LogP contribution is 2.18. The summed E-state index contributed by atoms with van der Waals surface area (Å²) < 4.78 is 50.5. The summed E-state index contributed by atoms with van der Waals surface area (Å²) in [5.74, 6) is -4.50. The number of esters is 1. The van der Waals surface area contributed by atoms with E-state index in [1.807, 2.05) is 0 Å². The summed E-state index contributed by atoms with van der Waals surface area (Å²) in [5, 5.41) is 7.72. The van der Waals surface area contributed by atoms with Gasteiger partial charge in [-0.3, -0.25) is 9.59 Å². The van der Waals surface area contributed by atoms with Gasteiger partial charge in [0.05, 0.1) is 6.61 Å². The zero-order chi connectivity index (χ0) is 26.9. The topological polar surface area (TPSA) is 123 Å². The number of benzene rings is 2. The van der Waals surface area contributed by atoms with E-state index in [-0.39, 0.29) is 44.6 Å². The van der Waals surface area contributed by atoms with Crippen LogP contribution in [0.3, 0.4) is 0 Å². The molecule has 2 aromatic rings. The van der Waals surface area contributed by atoms with Crippen molar-refractivity contribution in [1.29, 1.82) is 0 Å². The minimum Gasteiger partial charge on any atom is -0.482 e. The summed E-state index contributed by atoms with van der Waals surface area (Å²) in [4.78, 5) is 36.8. The largest absolute Gasteiger partial charge is 0.482 e. The van der Waals surface area contributed by atoms with Crippen molar-refractivity contribution in [2.24, 2.45) is 10.8 Å². The maximum atomic E-state index is 13.9. The molecule has 0 radical (unpaired) electrons. The lowest BCUT2D eigenvalue weighted by Crippen LogP contribution is -2.46. The van der Waals surface area contributed by atoms with Gasteiger partial charge in [-0.25, -0.2) is 23.0 Å². The van der Waals surface area contributed by atoms with Crippen molar-refractivity contribution >= 4 is 24.0 Å². The molecule has 12 heteroatoms. The second-order valence-electron chi connectivity index (χ2n) is 8.27. The van der Waals surface area contributed by atoms with E-state index in [2.05, 4.69) is 10.4 Å². The molecule has 1 unspecified atom stereocenters. The Morgan fingerprint density at radius 1 is 1.14 bits per heavy atom. The number of nitrogens with zero attached hydrogens (tertiary/aromatic N) is 2. The van der Waals surface area contributed by atoms with Gasteiger partial charge in [0.1, 0.15) is 17.6 Å². The summed E-state index contributed by atoms with van der Waals surface area (Å²) in [6, 6.07) is 6.06. The van der Waals surface area contributed by atoms with Gasteiger partial charge >= 0.3 is 5.97 Å². The van der Waals surface area contributed by atoms with E-state index in [9.17, 15) is 27.6 Å². The number of nitrogens with one attached hydrogen (secondary N) is 1. The van der Waals surface area contributed by atoms with Crippen LogP contribution < -0.4 is 15.8 Å². The standard InChI is InChI=1S/C25H27F3N4O5/c1-2-36-24(34)14-37-18-5-3-15(4-6-18)13-30-25(35)22-7-8-31-32(22)23(33)11-17(29)9-16-10-20(27)21(28)12-19(16)26/h3-6,8,10,12,17,22H,2,7,9,11,13-14,29H2,1H3,(H,30,35)/t17-,22?/m1/s1. The van der Waals surface area contributed by atoms with Crippen LogP contribution in [0.4, 0.5) is 13.2 Å². The van der Waals surface area contributed by atoms with E-state index < -0.39 is 47.3 Å². The van der Waals surface area contributed by atoms with Crippen LogP contribution in [0.2, 0.25) is 0 Å². The highest BCUT2D eigenvalue weighted by atomic mass is 19.2. The van der Waals surface area contributed by atoms with Crippen molar-refractivity contribution in [2.75, 3.05) is 13.2 Å². The molecule has 0 saturated heterocycles. The highest BCUT2D eigenvalue weighted by Gasteiger charge is 2.33. The van der Waals surface area contributed by atoms with E-state index in [4.69, 9.17) is 15.2 Å². The Morgan fingerprint density at radius 3 is 2.54 bits per heavy atom. The minimum atomic E-state index is -1.32. The average molecular weight is 521 g/mol. The molecule has 1 heterocycles. The molecule has 3 rings (SSSR count). The molecule has 0 aliphatic carbocycles. The first-order chi connectivity index (χ1) is 17.7. The molecular formula is C25H27F3N4O5. The number of ether oxygens (including phenoxy) is 2. The van der Waals surface area contributed by atoms with Crippen molar-refractivity contribution in [3.8, 4) is 5.75 Å². The van der Waals surface area contributed by atoms with Crippen LogP contribution in [0.5, 0.6) is 5.75 Å². The first kappa shape index (κ1) is 27.7. The first-order valence-electron chi connectivity index (χ1n) is 11.6. The predicted molar refractivity (Wildman–Crippen MR) is 127 cm³/mol. The monoisotopic (exact) mass is 520 g/mol. The van der Waals surface area contributed by atoms with Crippen LogP contribution >= 0.6 is 0 Å². The molecule has 2 amide bonds. The van der Waals surface area contributed by atoms with E-state index in [0.29, 0.717) is 17.9 Å². The molecule has 9 nitrogen and oxygen atoms in total. The van der Waals surface area contributed by atoms with E-state index in [0.717, 1.165) is 10.6 Å². The number of hydrogen-bond donors (Lipinski definition) is 2. The number of carbonyl (C=O) groups is 3. The second kappa shape index (κ2) is 12.9. The maximum absolute atomic E-state index is 13.9. The second-order valence-corrected chi connectivity index (χ2v) is 8.27. The molecule has 0 bridgehead atoms. The van der Waals surface area contributed by atoms with Crippen molar-refractivity contribution < 1.29 is 37.0 Å². The van der Waals surface area contributed by atoms with Crippen molar-refractivity contribution in [3.63, 3.8) is 0 Å². The first-order valence-corrected chi connectivity index (χ1v) is 11.6. The van der Waals surface area contributed by atoms with E-state index >= 15 is 0 Å². The summed E-state index contributed by atoms with van der Waals surface area (Å²) in [6.45, 7) is 1.92. The lowest BCUT2D eigenvalue weighted by atomic mass is 10.0. The average Bonchev–Trinajstić information content (AvgIpc) is 3.36. The molecule has 3 N–H and O–H groups in total. The van der Waals surface area contributed by atoms with E-state index in [1.165, 1.54) is 6.21 Å². The zero-order valence-corrected chi connectivity index (χ0v) is 20.1. The van der Waals surface area contributed by atoms with Gasteiger partial charge in [0.2, 0.25) is 11.8 Å². The molecule has 0 saturated carbocycles. The molecule has 2 atom stereocenters. The fraction of sp³-hybridized carbons (Fsp3) is 0.360. The minimum absolute atomic E-state index is 0.157. The van der Waals surface area contributed by atoms with Crippen LogP contribution in [-0.2, 0) is 32.1 Å². The predicted octanol–water partition coefficient (Wildman–Crippen LogP) is 2.21. The Morgan fingerprint density at radius 2 is 1.84 bits per heavy atom. The number of nitrogens with two attached hydrogens (primary N) is 1. The fourth-order valence-corrected chi connectivity index (χ4v) is 3.62. The normalized spacial score (nSPS) is 15.4. The van der Waals surface area contributed by atoms with Crippen LogP contribution in [0.25, 0.3) is 0 Å². The third kappa shape index (κ3) is 7.78. The molecule has 0 aromatic heterocycles. The molecular weight excluding hydrogens is 493 g/mol. The van der Waals surface area contributed by atoms with Crippen LogP contribution in [0, 0.1) is 17.5 Å².